The summed E-state index contributed by atoms with van der Waals surface area (Å²) in [6, 6.07) is 5.19. The average Bonchev–Trinajstić information content (AvgIpc) is 3.06. The molecule has 0 unspecified atom stereocenters. The van der Waals surface area contributed by atoms with Gasteiger partial charge in [-0.15, -0.1) is 0 Å². The van der Waals surface area contributed by atoms with Crippen molar-refractivity contribution in [3.8, 4) is 5.75 Å². The highest BCUT2D eigenvalue weighted by molar-refractivity contribution is 6.00. The van der Waals surface area contributed by atoms with E-state index in [0.29, 0.717) is 19.5 Å². The first kappa shape index (κ1) is 20.7. The van der Waals surface area contributed by atoms with Crippen molar-refractivity contribution < 1.29 is 24.2 Å². The summed E-state index contributed by atoms with van der Waals surface area (Å²) in [5.41, 5.74) is 0.138. The molecule has 27 heavy (non-hydrogen) atoms. The van der Waals surface area contributed by atoms with Crippen LogP contribution in [0.1, 0.15) is 30.6 Å². The molecule has 2 atom stereocenters. The number of likely N-dealkylation sites (N-methyl/N-ethyl adjacent to an activating group) is 1. The van der Waals surface area contributed by atoms with Gasteiger partial charge in [-0.2, -0.15) is 0 Å². The van der Waals surface area contributed by atoms with Crippen molar-refractivity contribution in [3.63, 3.8) is 0 Å². The van der Waals surface area contributed by atoms with Gasteiger partial charge in [0.15, 0.2) is 0 Å². The minimum absolute atomic E-state index is 0.0847. The first-order valence-corrected chi connectivity index (χ1v) is 9.08. The summed E-state index contributed by atoms with van der Waals surface area (Å²) in [6.07, 6.45) is 0.324. The van der Waals surface area contributed by atoms with Crippen LogP contribution in [0.2, 0.25) is 0 Å². The van der Waals surface area contributed by atoms with Gasteiger partial charge in [0.25, 0.3) is 5.91 Å². The first-order chi connectivity index (χ1) is 12.9. The Morgan fingerprint density at radius 3 is 2.52 bits per heavy atom. The number of hydrogen-bond donors (Lipinski definition) is 2. The summed E-state index contributed by atoms with van der Waals surface area (Å²) in [5.74, 6) is -1.02. The highest BCUT2D eigenvalue weighted by Crippen LogP contribution is 2.26. The Morgan fingerprint density at radius 2 is 1.93 bits per heavy atom. The Morgan fingerprint density at radius 1 is 1.26 bits per heavy atom. The Labute approximate surface area is 159 Å². The monoisotopic (exact) mass is 377 g/mol. The zero-order valence-electron chi connectivity index (χ0n) is 16.0. The van der Waals surface area contributed by atoms with Crippen molar-refractivity contribution in [2.24, 2.45) is 0 Å². The van der Waals surface area contributed by atoms with Crippen molar-refractivity contribution in [3.05, 3.63) is 29.8 Å². The van der Waals surface area contributed by atoms with Gasteiger partial charge in [0.2, 0.25) is 11.8 Å². The van der Waals surface area contributed by atoms with E-state index in [0.717, 1.165) is 0 Å². The van der Waals surface area contributed by atoms with Crippen molar-refractivity contribution in [1.82, 2.24) is 15.1 Å². The number of rotatable bonds is 7. The first-order valence-electron chi connectivity index (χ1n) is 9.08. The lowest BCUT2D eigenvalue weighted by molar-refractivity contribution is -0.135. The van der Waals surface area contributed by atoms with E-state index in [-0.39, 0.29) is 42.3 Å². The topological polar surface area (TPSA) is 99.2 Å². The highest BCUT2D eigenvalue weighted by atomic mass is 16.5. The third kappa shape index (κ3) is 4.77. The van der Waals surface area contributed by atoms with Crippen LogP contribution in [-0.2, 0) is 14.3 Å². The van der Waals surface area contributed by atoms with E-state index in [1.54, 1.807) is 17.0 Å². The SMILES string of the molecule is CCN(CC)C(=O)[C@@H]1C[C@@H](NC(=O)COC)CN1C(=O)c1ccccc1O. The fourth-order valence-corrected chi connectivity index (χ4v) is 3.35. The summed E-state index contributed by atoms with van der Waals surface area (Å²) in [7, 11) is 1.43. The van der Waals surface area contributed by atoms with Gasteiger partial charge in [-0.1, -0.05) is 12.1 Å². The van der Waals surface area contributed by atoms with Crippen molar-refractivity contribution >= 4 is 17.7 Å². The zero-order chi connectivity index (χ0) is 20.0. The highest BCUT2D eigenvalue weighted by Gasteiger charge is 2.42. The van der Waals surface area contributed by atoms with Crippen LogP contribution in [0, 0.1) is 0 Å². The zero-order valence-corrected chi connectivity index (χ0v) is 16.0. The maximum atomic E-state index is 13.0. The average molecular weight is 377 g/mol. The maximum absolute atomic E-state index is 13.0. The Hall–Kier alpha value is -2.61. The lowest BCUT2D eigenvalue weighted by Crippen LogP contribution is -2.47. The summed E-state index contributed by atoms with van der Waals surface area (Å²) >= 11 is 0. The van der Waals surface area contributed by atoms with E-state index < -0.39 is 11.9 Å². The van der Waals surface area contributed by atoms with Crippen molar-refractivity contribution in [2.45, 2.75) is 32.4 Å². The Balaban J connectivity index is 2.26. The third-order valence-electron chi connectivity index (χ3n) is 4.70. The second-order valence-corrected chi connectivity index (χ2v) is 6.43. The van der Waals surface area contributed by atoms with E-state index in [2.05, 4.69) is 5.32 Å². The van der Waals surface area contributed by atoms with Crippen LogP contribution in [0.4, 0.5) is 0 Å². The lowest BCUT2D eigenvalue weighted by Gasteiger charge is -2.29. The number of ether oxygens (including phenoxy) is 1. The Bertz CT molecular complexity index is 690. The molecule has 0 saturated carbocycles. The fourth-order valence-electron chi connectivity index (χ4n) is 3.35. The second-order valence-electron chi connectivity index (χ2n) is 6.43. The molecule has 2 N–H and O–H groups in total. The fraction of sp³-hybridized carbons (Fsp3) is 0.526. The predicted molar refractivity (Wildman–Crippen MR) is 99.3 cm³/mol. The Kier molecular flexibility index (Phi) is 7.18. The van der Waals surface area contributed by atoms with E-state index in [1.807, 2.05) is 13.8 Å². The number of benzene rings is 1. The molecule has 1 saturated heterocycles. The molecule has 1 aliphatic heterocycles. The van der Waals surface area contributed by atoms with Gasteiger partial charge in [0.05, 0.1) is 5.56 Å². The molecule has 0 radical (unpaired) electrons. The second kappa shape index (κ2) is 9.36. The number of carbonyl (C=O) groups is 3. The van der Waals surface area contributed by atoms with E-state index >= 15 is 0 Å². The molecule has 2 rings (SSSR count). The molecular formula is C19H27N3O5. The van der Waals surface area contributed by atoms with Crippen molar-refractivity contribution in [1.29, 1.82) is 0 Å². The number of likely N-dealkylation sites (tertiary alicyclic amines) is 1. The molecule has 8 heteroatoms. The number of hydrogen-bond acceptors (Lipinski definition) is 5. The molecule has 1 heterocycles. The number of para-hydroxylation sites is 1. The van der Waals surface area contributed by atoms with Crippen LogP contribution in [0.5, 0.6) is 5.75 Å². The van der Waals surface area contributed by atoms with Crippen molar-refractivity contribution in [2.75, 3.05) is 33.4 Å². The van der Waals surface area contributed by atoms with Crippen LogP contribution in [0.15, 0.2) is 24.3 Å². The number of nitrogens with one attached hydrogen (secondary N) is 1. The number of methoxy groups -OCH3 is 1. The van der Waals surface area contributed by atoms with Gasteiger partial charge >= 0.3 is 0 Å². The van der Waals surface area contributed by atoms with Crippen LogP contribution in [0.3, 0.4) is 0 Å². The van der Waals surface area contributed by atoms with Crippen LogP contribution in [0.25, 0.3) is 0 Å². The normalized spacial score (nSPS) is 19.0. The largest absolute Gasteiger partial charge is 0.507 e. The minimum Gasteiger partial charge on any atom is -0.507 e. The number of phenolic OH excluding ortho intramolecular Hbond substituents is 1. The summed E-state index contributed by atoms with van der Waals surface area (Å²) in [6.45, 7) is 4.93. The van der Waals surface area contributed by atoms with Gasteiger partial charge in [0, 0.05) is 32.8 Å². The van der Waals surface area contributed by atoms with Gasteiger partial charge in [-0.05, 0) is 32.4 Å². The van der Waals surface area contributed by atoms with E-state index in [4.69, 9.17) is 4.74 Å². The summed E-state index contributed by atoms with van der Waals surface area (Å²) in [5, 5.41) is 12.8. The molecule has 148 valence electrons. The summed E-state index contributed by atoms with van der Waals surface area (Å²) < 4.78 is 4.82. The number of amides is 3. The molecule has 1 aromatic carbocycles. The third-order valence-corrected chi connectivity index (χ3v) is 4.70. The van der Waals surface area contributed by atoms with Gasteiger partial charge in [0.1, 0.15) is 18.4 Å². The lowest BCUT2D eigenvalue weighted by atomic mass is 10.1. The molecule has 0 bridgehead atoms. The number of phenols is 1. The smallest absolute Gasteiger partial charge is 0.258 e. The number of aromatic hydroxyl groups is 1. The standard InChI is InChI=1S/C19H27N3O5/c1-4-21(5-2)19(26)15-10-13(20-17(24)12-27-3)11-22(15)18(25)14-8-6-7-9-16(14)23/h6-9,13,15,23H,4-5,10-12H2,1-3H3,(H,20,24)/t13-,15+/m1/s1. The van der Waals surface area contributed by atoms with Gasteiger partial charge < -0.3 is 25.0 Å². The quantitative estimate of drug-likeness (QED) is 0.725. The van der Waals surface area contributed by atoms with E-state index in [9.17, 15) is 19.5 Å². The van der Waals surface area contributed by atoms with Gasteiger partial charge in [-0.3, -0.25) is 14.4 Å². The molecule has 3 amide bonds. The molecule has 1 aromatic rings. The molecule has 0 aromatic heterocycles. The molecule has 0 spiro atoms. The molecular weight excluding hydrogens is 350 g/mol. The van der Waals surface area contributed by atoms with Crippen LogP contribution >= 0.6 is 0 Å². The van der Waals surface area contributed by atoms with Crippen LogP contribution < -0.4 is 5.32 Å². The van der Waals surface area contributed by atoms with Gasteiger partial charge in [-0.25, -0.2) is 0 Å². The molecule has 1 fully saturated rings. The number of nitrogens with zero attached hydrogens (tertiary/aromatic N) is 2. The number of carbonyl (C=O) groups excluding carboxylic acids is 3. The van der Waals surface area contributed by atoms with E-state index in [1.165, 1.54) is 24.1 Å². The predicted octanol–water partition coefficient (Wildman–Crippen LogP) is 0.606. The maximum Gasteiger partial charge on any atom is 0.258 e. The minimum atomic E-state index is -0.690. The molecule has 0 aliphatic carbocycles. The van der Waals surface area contributed by atoms with Crippen LogP contribution in [-0.4, -0.2) is 78.1 Å². The molecule has 1 aliphatic rings. The molecule has 8 nitrogen and oxygen atoms in total. The summed E-state index contributed by atoms with van der Waals surface area (Å²) in [4.78, 5) is 40.9.